The van der Waals surface area contributed by atoms with Gasteiger partial charge in [0.05, 0.1) is 12.2 Å². The van der Waals surface area contributed by atoms with E-state index in [0.717, 1.165) is 5.56 Å². The number of esters is 1. The summed E-state index contributed by atoms with van der Waals surface area (Å²) < 4.78 is 6.70. The molecule has 0 unspecified atom stereocenters. The first-order valence-electron chi connectivity index (χ1n) is 10.0. The van der Waals surface area contributed by atoms with Crippen LogP contribution < -0.4 is 16.4 Å². The molecule has 0 aliphatic heterocycles. The summed E-state index contributed by atoms with van der Waals surface area (Å²) in [4.78, 5) is 28.9. The second-order valence-corrected chi connectivity index (χ2v) is 7.10. The number of hydrogen-bond donors (Lipinski definition) is 3. The average Bonchev–Trinajstić information content (AvgIpc) is 3.17. The van der Waals surface area contributed by atoms with Crippen LogP contribution in [0.25, 0.3) is 16.6 Å². The summed E-state index contributed by atoms with van der Waals surface area (Å²) in [6.45, 7) is 3.96. The van der Waals surface area contributed by atoms with E-state index in [-0.39, 0.29) is 18.5 Å². The second kappa shape index (κ2) is 8.76. The van der Waals surface area contributed by atoms with Crippen LogP contribution in [-0.4, -0.2) is 33.2 Å². The summed E-state index contributed by atoms with van der Waals surface area (Å²) in [5.41, 5.74) is 10.6. The highest BCUT2D eigenvalue weighted by Gasteiger charge is 2.22. The van der Waals surface area contributed by atoms with Crippen LogP contribution in [0.3, 0.4) is 0 Å². The smallest absolute Gasteiger partial charge is 0.340 e. The third-order valence-electron chi connectivity index (χ3n) is 4.84. The van der Waals surface area contributed by atoms with E-state index in [2.05, 4.69) is 20.7 Å². The number of rotatable bonds is 5. The van der Waals surface area contributed by atoms with Gasteiger partial charge in [0.2, 0.25) is 0 Å². The van der Waals surface area contributed by atoms with Gasteiger partial charge < -0.3 is 21.1 Å². The number of nitrogens with zero attached hydrogens (tertiary/aromatic N) is 3. The van der Waals surface area contributed by atoms with Crippen molar-refractivity contribution in [3.05, 3.63) is 72.2 Å². The first kappa shape index (κ1) is 20.9. The third-order valence-corrected chi connectivity index (χ3v) is 4.84. The first-order valence-corrected chi connectivity index (χ1v) is 10.0. The molecule has 0 aliphatic rings. The van der Waals surface area contributed by atoms with Crippen LogP contribution >= 0.6 is 0 Å². The molecule has 0 spiro atoms. The SMILES string of the molecule is CCOC(=O)c1cn2ncnc(N)c2c1-c1ccc(NC(=O)Nc2ccc(C)cc2)cc1. The molecule has 0 saturated heterocycles. The van der Waals surface area contributed by atoms with Gasteiger partial charge in [0, 0.05) is 23.1 Å². The predicted molar refractivity (Wildman–Crippen MR) is 123 cm³/mol. The lowest BCUT2D eigenvalue weighted by atomic mass is 10.0. The van der Waals surface area contributed by atoms with E-state index in [1.807, 2.05) is 31.2 Å². The largest absolute Gasteiger partial charge is 0.462 e. The minimum Gasteiger partial charge on any atom is -0.462 e. The van der Waals surface area contributed by atoms with E-state index < -0.39 is 5.97 Å². The summed E-state index contributed by atoms with van der Waals surface area (Å²) in [6, 6.07) is 14.2. The van der Waals surface area contributed by atoms with E-state index in [0.29, 0.717) is 33.6 Å². The summed E-state index contributed by atoms with van der Waals surface area (Å²) in [5, 5.41) is 9.72. The molecule has 2 aromatic heterocycles. The minimum absolute atomic E-state index is 0.241. The summed E-state index contributed by atoms with van der Waals surface area (Å²) >= 11 is 0. The van der Waals surface area contributed by atoms with E-state index in [1.165, 1.54) is 10.8 Å². The Morgan fingerprint density at radius 3 is 2.28 bits per heavy atom. The average molecular weight is 430 g/mol. The van der Waals surface area contributed by atoms with Crippen molar-refractivity contribution in [1.29, 1.82) is 0 Å². The number of carbonyl (C=O) groups is 2. The molecule has 0 radical (unpaired) electrons. The number of nitrogens with two attached hydrogens (primary N) is 1. The fourth-order valence-electron chi connectivity index (χ4n) is 3.34. The van der Waals surface area contributed by atoms with Gasteiger partial charge in [-0.05, 0) is 43.7 Å². The highest BCUT2D eigenvalue weighted by Crippen LogP contribution is 2.33. The number of aromatic nitrogens is 3. The molecule has 2 amide bonds. The van der Waals surface area contributed by atoms with Gasteiger partial charge in [0.15, 0.2) is 5.82 Å². The van der Waals surface area contributed by atoms with Crippen molar-refractivity contribution >= 4 is 34.7 Å². The van der Waals surface area contributed by atoms with Crippen LogP contribution in [0.2, 0.25) is 0 Å². The molecule has 4 rings (SSSR count). The maximum atomic E-state index is 12.5. The number of amides is 2. The number of urea groups is 1. The van der Waals surface area contributed by atoms with Crippen LogP contribution in [0.1, 0.15) is 22.8 Å². The molecular formula is C23H22N6O3. The Kier molecular flexibility index (Phi) is 5.71. The summed E-state index contributed by atoms with van der Waals surface area (Å²) in [7, 11) is 0. The van der Waals surface area contributed by atoms with Crippen LogP contribution in [0, 0.1) is 6.92 Å². The van der Waals surface area contributed by atoms with E-state index >= 15 is 0 Å². The fraction of sp³-hybridized carbons (Fsp3) is 0.130. The van der Waals surface area contributed by atoms with Gasteiger partial charge in [-0.2, -0.15) is 5.10 Å². The Labute approximate surface area is 184 Å². The topological polar surface area (TPSA) is 124 Å². The molecule has 2 heterocycles. The Hall–Kier alpha value is -4.40. The van der Waals surface area contributed by atoms with Crippen molar-refractivity contribution < 1.29 is 14.3 Å². The van der Waals surface area contributed by atoms with Gasteiger partial charge in [0.1, 0.15) is 11.8 Å². The molecule has 162 valence electrons. The zero-order valence-corrected chi connectivity index (χ0v) is 17.6. The van der Waals surface area contributed by atoms with Gasteiger partial charge in [-0.25, -0.2) is 19.1 Å². The highest BCUT2D eigenvalue weighted by atomic mass is 16.5. The third kappa shape index (κ3) is 4.22. The molecular weight excluding hydrogens is 408 g/mol. The minimum atomic E-state index is -0.480. The Bertz CT molecular complexity index is 1280. The number of fused-ring (bicyclic) bond motifs is 1. The first-order chi connectivity index (χ1) is 15.5. The normalized spacial score (nSPS) is 10.7. The molecule has 0 saturated carbocycles. The Morgan fingerprint density at radius 2 is 1.66 bits per heavy atom. The standard InChI is InChI=1S/C23H22N6O3/c1-3-32-22(30)18-12-29-20(21(24)25-13-26-29)19(18)15-6-10-17(11-7-15)28-23(31)27-16-8-4-14(2)5-9-16/h4-13H,3H2,1-2H3,(H2,24,25,26)(H2,27,28,31). The zero-order chi connectivity index (χ0) is 22.7. The number of benzene rings is 2. The quantitative estimate of drug-likeness (QED) is 0.410. The molecule has 4 aromatic rings. The van der Waals surface area contributed by atoms with Gasteiger partial charge in [-0.3, -0.25) is 0 Å². The zero-order valence-electron chi connectivity index (χ0n) is 17.6. The number of nitrogen functional groups attached to an aromatic ring is 1. The van der Waals surface area contributed by atoms with E-state index in [4.69, 9.17) is 10.5 Å². The van der Waals surface area contributed by atoms with Crippen molar-refractivity contribution in [1.82, 2.24) is 14.6 Å². The molecule has 2 aromatic carbocycles. The molecule has 0 fully saturated rings. The summed E-state index contributed by atoms with van der Waals surface area (Å²) in [5.74, 6) is -0.239. The van der Waals surface area contributed by atoms with Crippen LogP contribution in [0.5, 0.6) is 0 Å². The summed E-state index contributed by atoms with van der Waals surface area (Å²) in [6.07, 6.45) is 2.89. The van der Waals surface area contributed by atoms with Crippen molar-refractivity contribution in [3.8, 4) is 11.1 Å². The van der Waals surface area contributed by atoms with Crippen molar-refractivity contribution in [2.45, 2.75) is 13.8 Å². The number of aryl methyl sites for hydroxylation is 1. The Balaban J connectivity index is 1.61. The molecule has 0 bridgehead atoms. The molecule has 32 heavy (non-hydrogen) atoms. The number of ether oxygens (including phenoxy) is 1. The predicted octanol–water partition coefficient (Wildman–Crippen LogP) is 4.11. The van der Waals surface area contributed by atoms with Crippen molar-refractivity contribution in [3.63, 3.8) is 0 Å². The van der Waals surface area contributed by atoms with Crippen LogP contribution in [0.4, 0.5) is 22.0 Å². The lowest BCUT2D eigenvalue weighted by Crippen LogP contribution is -2.19. The maximum Gasteiger partial charge on any atom is 0.340 e. The van der Waals surface area contributed by atoms with Crippen molar-refractivity contribution in [2.75, 3.05) is 23.0 Å². The maximum absolute atomic E-state index is 12.5. The lowest BCUT2D eigenvalue weighted by molar-refractivity contribution is 0.0527. The molecule has 9 nitrogen and oxygen atoms in total. The Morgan fingerprint density at radius 1 is 1.03 bits per heavy atom. The van der Waals surface area contributed by atoms with Crippen molar-refractivity contribution in [2.24, 2.45) is 0 Å². The molecule has 0 aliphatic carbocycles. The van der Waals surface area contributed by atoms with E-state index in [9.17, 15) is 9.59 Å². The lowest BCUT2D eigenvalue weighted by Gasteiger charge is -2.10. The number of hydrogen-bond acceptors (Lipinski definition) is 6. The van der Waals surface area contributed by atoms with Gasteiger partial charge in [-0.15, -0.1) is 0 Å². The number of anilines is 3. The fourth-order valence-corrected chi connectivity index (χ4v) is 3.34. The molecule has 4 N–H and O–H groups in total. The molecule has 9 heteroatoms. The van der Waals surface area contributed by atoms with Crippen LogP contribution in [-0.2, 0) is 4.74 Å². The van der Waals surface area contributed by atoms with Crippen LogP contribution in [0.15, 0.2) is 61.1 Å². The molecule has 0 atom stereocenters. The number of carbonyl (C=O) groups excluding carboxylic acids is 2. The van der Waals surface area contributed by atoms with Gasteiger partial charge >= 0.3 is 12.0 Å². The number of nitrogens with one attached hydrogen (secondary N) is 2. The highest BCUT2D eigenvalue weighted by molar-refractivity contribution is 6.05. The van der Waals surface area contributed by atoms with Gasteiger partial charge in [-0.1, -0.05) is 29.8 Å². The van der Waals surface area contributed by atoms with Gasteiger partial charge in [0.25, 0.3) is 0 Å². The second-order valence-electron chi connectivity index (χ2n) is 7.10. The van der Waals surface area contributed by atoms with E-state index in [1.54, 1.807) is 37.4 Å². The monoisotopic (exact) mass is 430 g/mol.